The highest BCUT2D eigenvalue weighted by atomic mass is 35.5. The molecule has 0 radical (unpaired) electrons. The molecule has 1 aliphatic heterocycles. The van der Waals surface area contributed by atoms with Gasteiger partial charge in [-0.1, -0.05) is 0 Å². The maximum atomic E-state index is 10.7. The molecule has 0 aliphatic carbocycles. The van der Waals surface area contributed by atoms with E-state index in [1.807, 2.05) is 6.92 Å². The van der Waals surface area contributed by atoms with Gasteiger partial charge in [0.2, 0.25) is 0 Å². The number of rotatable bonds is 0. The Hall–Kier alpha value is -0.240. The molecule has 1 atom stereocenters. The molecule has 1 unspecified atom stereocenters. The zero-order valence-electron chi connectivity index (χ0n) is 6.14. The van der Waals surface area contributed by atoms with Gasteiger partial charge in [-0.15, -0.1) is 0 Å². The largest absolute Gasteiger partial charge is 0.327 e. The van der Waals surface area contributed by atoms with Crippen molar-refractivity contribution in [2.24, 2.45) is 0 Å². The number of nitrogens with zero attached hydrogens (tertiary/aromatic N) is 1. The molecule has 0 N–H and O–H groups in total. The molecule has 0 aromatic rings. The SMILES string of the molecule is CC1CCCCN1C(=O)Cl. The van der Waals surface area contributed by atoms with Gasteiger partial charge in [-0.05, 0) is 37.8 Å². The topological polar surface area (TPSA) is 20.3 Å². The van der Waals surface area contributed by atoms with Gasteiger partial charge in [0, 0.05) is 12.6 Å². The third-order valence-electron chi connectivity index (χ3n) is 2.03. The van der Waals surface area contributed by atoms with Crippen LogP contribution >= 0.6 is 11.6 Å². The fourth-order valence-corrected chi connectivity index (χ4v) is 1.61. The van der Waals surface area contributed by atoms with E-state index in [2.05, 4.69) is 0 Å². The van der Waals surface area contributed by atoms with Crippen LogP contribution in [0.25, 0.3) is 0 Å². The van der Waals surface area contributed by atoms with Gasteiger partial charge in [0.1, 0.15) is 0 Å². The molecule has 0 saturated carbocycles. The van der Waals surface area contributed by atoms with Crippen LogP contribution in [0.2, 0.25) is 0 Å². The average Bonchev–Trinajstić information content (AvgIpc) is 1.88. The standard InChI is InChI=1S/C7H12ClNO/c1-6-4-2-3-5-9(6)7(8)10/h6H,2-5H2,1H3. The predicted octanol–water partition coefficient (Wildman–Crippen LogP) is 2.22. The average molecular weight is 162 g/mol. The summed E-state index contributed by atoms with van der Waals surface area (Å²) in [5.41, 5.74) is 0. The summed E-state index contributed by atoms with van der Waals surface area (Å²) in [7, 11) is 0. The van der Waals surface area contributed by atoms with E-state index in [4.69, 9.17) is 11.6 Å². The Kier molecular flexibility index (Phi) is 2.55. The molecule has 0 spiro atoms. The summed E-state index contributed by atoms with van der Waals surface area (Å²) >= 11 is 5.34. The van der Waals surface area contributed by atoms with Crippen molar-refractivity contribution in [3.05, 3.63) is 0 Å². The van der Waals surface area contributed by atoms with E-state index in [-0.39, 0.29) is 5.37 Å². The highest BCUT2D eigenvalue weighted by molar-refractivity contribution is 6.62. The Morgan fingerprint density at radius 3 is 2.70 bits per heavy atom. The summed E-state index contributed by atoms with van der Waals surface area (Å²) in [4.78, 5) is 12.4. The molecule has 1 amide bonds. The summed E-state index contributed by atoms with van der Waals surface area (Å²) in [5, 5.41) is -0.299. The third kappa shape index (κ3) is 1.63. The zero-order chi connectivity index (χ0) is 7.56. The second-order valence-corrected chi connectivity index (χ2v) is 3.11. The molecule has 3 heteroatoms. The van der Waals surface area contributed by atoms with E-state index >= 15 is 0 Å². The molecule has 0 aromatic carbocycles. The third-order valence-corrected chi connectivity index (χ3v) is 2.25. The Morgan fingerprint density at radius 2 is 2.30 bits per heavy atom. The van der Waals surface area contributed by atoms with Gasteiger partial charge >= 0.3 is 5.37 Å². The minimum absolute atomic E-state index is 0.299. The molecule has 1 rings (SSSR count). The van der Waals surface area contributed by atoms with E-state index in [1.54, 1.807) is 4.90 Å². The van der Waals surface area contributed by atoms with Crippen molar-refractivity contribution < 1.29 is 4.79 Å². The number of likely N-dealkylation sites (tertiary alicyclic amines) is 1. The van der Waals surface area contributed by atoms with Gasteiger partial charge in [-0.2, -0.15) is 0 Å². The van der Waals surface area contributed by atoms with Crippen LogP contribution in [0.15, 0.2) is 0 Å². The molecule has 1 aliphatic rings. The highest BCUT2D eigenvalue weighted by Crippen LogP contribution is 2.17. The Labute approximate surface area is 66.1 Å². The van der Waals surface area contributed by atoms with Crippen molar-refractivity contribution in [1.29, 1.82) is 0 Å². The number of halogens is 1. The first-order valence-electron chi connectivity index (χ1n) is 3.68. The number of carbonyl (C=O) groups is 1. The van der Waals surface area contributed by atoms with Crippen LogP contribution < -0.4 is 0 Å². The van der Waals surface area contributed by atoms with Crippen LogP contribution in [-0.2, 0) is 0 Å². The van der Waals surface area contributed by atoms with E-state index in [1.165, 1.54) is 6.42 Å². The van der Waals surface area contributed by atoms with Crippen molar-refractivity contribution >= 4 is 17.0 Å². The Balaban J connectivity index is 2.47. The van der Waals surface area contributed by atoms with Crippen molar-refractivity contribution in [3.8, 4) is 0 Å². The quantitative estimate of drug-likeness (QED) is 0.394. The van der Waals surface area contributed by atoms with Crippen LogP contribution in [0, 0.1) is 0 Å². The van der Waals surface area contributed by atoms with E-state index < -0.39 is 0 Å². The monoisotopic (exact) mass is 161 g/mol. The van der Waals surface area contributed by atoms with Crippen LogP contribution in [0.4, 0.5) is 4.79 Å². The number of hydrogen-bond donors (Lipinski definition) is 0. The highest BCUT2D eigenvalue weighted by Gasteiger charge is 2.20. The van der Waals surface area contributed by atoms with Crippen LogP contribution in [0.1, 0.15) is 26.2 Å². The lowest BCUT2D eigenvalue weighted by molar-refractivity contribution is 0.180. The van der Waals surface area contributed by atoms with Gasteiger partial charge < -0.3 is 4.90 Å². The van der Waals surface area contributed by atoms with Crippen molar-refractivity contribution in [2.45, 2.75) is 32.2 Å². The van der Waals surface area contributed by atoms with Crippen molar-refractivity contribution in [1.82, 2.24) is 4.90 Å². The van der Waals surface area contributed by atoms with E-state index in [0.29, 0.717) is 6.04 Å². The first kappa shape index (κ1) is 7.86. The van der Waals surface area contributed by atoms with E-state index in [0.717, 1.165) is 19.4 Å². The summed E-state index contributed by atoms with van der Waals surface area (Å²) < 4.78 is 0. The molecular formula is C7H12ClNO. The fourth-order valence-electron chi connectivity index (χ4n) is 1.36. The first-order valence-corrected chi connectivity index (χ1v) is 4.05. The normalized spacial score (nSPS) is 26.6. The molecule has 2 nitrogen and oxygen atoms in total. The lowest BCUT2D eigenvalue weighted by Crippen LogP contribution is -2.38. The van der Waals surface area contributed by atoms with Crippen molar-refractivity contribution in [2.75, 3.05) is 6.54 Å². The van der Waals surface area contributed by atoms with Gasteiger partial charge in [-0.25, -0.2) is 0 Å². The maximum Gasteiger partial charge on any atom is 0.316 e. The molecule has 0 bridgehead atoms. The second kappa shape index (κ2) is 3.24. The number of piperidine rings is 1. The molecule has 1 fully saturated rings. The number of amides is 1. The summed E-state index contributed by atoms with van der Waals surface area (Å²) in [5.74, 6) is 0. The minimum Gasteiger partial charge on any atom is -0.327 e. The maximum absolute atomic E-state index is 10.7. The molecule has 58 valence electrons. The first-order chi connectivity index (χ1) is 4.72. The molecular weight excluding hydrogens is 150 g/mol. The Bertz CT molecular complexity index is 138. The van der Waals surface area contributed by atoms with Gasteiger partial charge in [0.25, 0.3) is 0 Å². The summed E-state index contributed by atoms with van der Waals surface area (Å²) in [6, 6.07) is 0.346. The number of carbonyl (C=O) groups excluding carboxylic acids is 1. The molecule has 1 saturated heterocycles. The van der Waals surface area contributed by atoms with Crippen LogP contribution in [0.5, 0.6) is 0 Å². The minimum atomic E-state index is -0.299. The summed E-state index contributed by atoms with van der Waals surface area (Å²) in [6.45, 7) is 2.88. The molecule has 10 heavy (non-hydrogen) atoms. The van der Waals surface area contributed by atoms with E-state index in [9.17, 15) is 4.79 Å². The predicted molar refractivity (Wildman–Crippen MR) is 41.3 cm³/mol. The van der Waals surface area contributed by atoms with Crippen molar-refractivity contribution in [3.63, 3.8) is 0 Å². The second-order valence-electron chi connectivity index (χ2n) is 2.79. The number of hydrogen-bond acceptors (Lipinski definition) is 1. The fraction of sp³-hybridized carbons (Fsp3) is 0.857. The Morgan fingerprint density at radius 1 is 1.60 bits per heavy atom. The van der Waals surface area contributed by atoms with Gasteiger partial charge in [0.05, 0.1) is 0 Å². The lowest BCUT2D eigenvalue weighted by Gasteiger charge is -2.31. The van der Waals surface area contributed by atoms with Gasteiger partial charge in [-0.3, -0.25) is 4.79 Å². The van der Waals surface area contributed by atoms with Crippen LogP contribution in [0.3, 0.4) is 0 Å². The summed E-state index contributed by atoms with van der Waals surface area (Å²) in [6.07, 6.45) is 3.42. The van der Waals surface area contributed by atoms with Crippen LogP contribution in [-0.4, -0.2) is 22.9 Å². The molecule has 0 aromatic heterocycles. The smallest absolute Gasteiger partial charge is 0.316 e. The zero-order valence-corrected chi connectivity index (χ0v) is 6.90. The molecule has 1 heterocycles. The lowest BCUT2D eigenvalue weighted by atomic mass is 10.1. The van der Waals surface area contributed by atoms with Gasteiger partial charge in [0.15, 0.2) is 0 Å².